The zero-order chi connectivity index (χ0) is 12.1. The monoisotopic (exact) mass is 229 g/mol. The van der Waals surface area contributed by atoms with Crippen LogP contribution in [0, 0.1) is 11.3 Å². The number of nitrogens with two attached hydrogens (primary N) is 1. The first-order valence-electron chi connectivity index (χ1n) is 5.08. The van der Waals surface area contributed by atoms with Crippen molar-refractivity contribution >= 4 is 11.4 Å². The smallest absolute Gasteiger partial charge is 0.228 e. The first-order chi connectivity index (χ1) is 8.29. The highest BCUT2D eigenvalue weighted by Crippen LogP contribution is 2.17. The molecule has 17 heavy (non-hydrogen) atoms. The van der Waals surface area contributed by atoms with Crippen LogP contribution in [0.4, 0.5) is 11.4 Å². The summed E-state index contributed by atoms with van der Waals surface area (Å²) < 4.78 is 4.86. The van der Waals surface area contributed by atoms with Crippen LogP contribution in [0.5, 0.6) is 0 Å². The predicted molar refractivity (Wildman–Crippen MR) is 62.1 cm³/mol. The van der Waals surface area contributed by atoms with Crippen molar-refractivity contribution < 1.29 is 4.52 Å². The van der Waals surface area contributed by atoms with Gasteiger partial charge in [-0.2, -0.15) is 10.2 Å². The highest BCUT2D eigenvalue weighted by molar-refractivity contribution is 5.62. The third-order valence-corrected chi connectivity index (χ3v) is 2.23. The fourth-order valence-corrected chi connectivity index (χ4v) is 1.42. The summed E-state index contributed by atoms with van der Waals surface area (Å²) in [6.07, 6.45) is 1.97. The highest BCUT2D eigenvalue weighted by atomic mass is 16.5. The number of hydrogen-bond donors (Lipinski definition) is 2. The molecule has 2 aromatic rings. The summed E-state index contributed by atoms with van der Waals surface area (Å²) >= 11 is 0. The van der Waals surface area contributed by atoms with E-state index in [1.807, 2.05) is 0 Å². The summed E-state index contributed by atoms with van der Waals surface area (Å²) in [5.74, 6) is 0.562. The topological polar surface area (TPSA) is 101 Å². The molecule has 0 radical (unpaired) electrons. The fourth-order valence-electron chi connectivity index (χ4n) is 1.42. The van der Waals surface area contributed by atoms with Crippen molar-refractivity contribution in [3.63, 3.8) is 0 Å². The zero-order valence-corrected chi connectivity index (χ0v) is 9.05. The number of hydrogen-bond acceptors (Lipinski definition) is 6. The van der Waals surface area contributed by atoms with Gasteiger partial charge in [-0.15, -0.1) is 0 Å². The normalized spacial score (nSPS) is 9.82. The molecule has 3 N–H and O–H groups in total. The molecular weight excluding hydrogens is 218 g/mol. The average molecular weight is 229 g/mol. The van der Waals surface area contributed by atoms with E-state index >= 15 is 0 Å². The van der Waals surface area contributed by atoms with Gasteiger partial charge >= 0.3 is 0 Å². The lowest BCUT2D eigenvalue weighted by molar-refractivity contribution is 0.380. The number of rotatable bonds is 4. The molecule has 2 rings (SSSR count). The minimum Gasteiger partial charge on any atom is -0.399 e. The lowest BCUT2D eigenvalue weighted by Gasteiger charge is -2.07. The van der Waals surface area contributed by atoms with Gasteiger partial charge in [0.1, 0.15) is 6.07 Å². The van der Waals surface area contributed by atoms with Crippen molar-refractivity contribution in [3.05, 3.63) is 36.0 Å². The third kappa shape index (κ3) is 2.72. The van der Waals surface area contributed by atoms with Gasteiger partial charge in [-0.05, 0) is 18.2 Å². The van der Waals surface area contributed by atoms with Gasteiger partial charge in [-0.25, -0.2) is 0 Å². The molecule has 0 spiro atoms. The van der Waals surface area contributed by atoms with Crippen LogP contribution in [0.1, 0.15) is 11.5 Å². The first-order valence-corrected chi connectivity index (χ1v) is 5.08. The Labute approximate surface area is 98.1 Å². The predicted octanol–water partition coefficient (Wildman–Crippen LogP) is 1.18. The van der Waals surface area contributed by atoms with Crippen molar-refractivity contribution in [2.24, 2.45) is 0 Å². The molecule has 0 aliphatic heterocycles. The lowest BCUT2D eigenvalue weighted by Crippen LogP contribution is -2.06. The summed E-state index contributed by atoms with van der Waals surface area (Å²) in [5.41, 5.74) is 7.44. The standard InChI is InChI=1S/C11H11N5O/c12-6-8-5-9(13)1-2-10(8)14-4-3-11-15-7-16-17-11/h1-2,5,7,14H,3-4,13H2. The fraction of sp³-hybridized carbons (Fsp3) is 0.182. The van der Waals surface area contributed by atoms with E-state index in [1.54, 1.807) is 18.2 Å². The maximum Gasteiger partial charge on any atom is 0.228 e. The molecule has 1 heterocycles. The molecule has 0 aliphatic rings. The van der Waals surface area contributed by atoms with Crippen LogP contribution < -0.4 is 11.1 Å². The van der Waals surface area contributed by atoms with Crippen molar-refractivity contribution in [1.82, 2.24) is 10.1 Å². The zero-order valence-electron chi connectivity index (χ0n) is 9.05. The number of anilines is 2. The van der Waals surface area contributed by atoms with Crippen LogP contribution in [0.3, 0.4) is 0 Å². The van der Waals surface area contributed by atoms with E-state index in [0.717, 1.165) is 5.69 Å². The van der Waals surface area contributed by atoms with Crippen molar-refractivity contribution in [3.8, 4) is 6.07 Å². The Hall–Kier alpha value is -2.55. The number of nitrogen functional groups attached to an aromatic ring is 1. The Morgan fingerprint density at radius 1 is 1.47 bits per heavy atom. The molecule has 6 heteroatoms. The van der Waals surface area contributed by atoms with E-state index < -0.39 is 0 Å². The lowest BCUT2D eigenvalue weighted by atomic mass is 10.1. The first kappa shape index (κ1) is 11.0. The molecule has 0 aliphatic carbocycles. The van der Waals surface area contributed by atoms with E-state index in [1.165, 1.54) is 6.33 Å². The summed E-state index contributed by atoms with van der Waals surface area (Å²) in [6.45, 7) is 0.612. The Balaban J connectivity index is 1.97. The molecule has 0 bridgehead atoms. The molecular formula is C11H11N5O. The number of nitrogens with zero attached hydrogens (tertiary/aromatic N) is 3. The number of nitrogens with one attached hydrogen (secondary N) is 1. The molecule has 1 aromatic carbocycles. The molecule has 86 valence electrons. The van der Waals surface area contributed by atoms with Crippen LogP contribution in [0.25, 0.3) is 0 Å². The quantitative estimate of drug-likeness (QED) is 0.763. The number of nitriles is 1. The molecule has 6 nitrogen and oxygen atoms in total. The van der Waals surface area contributed by atoms with Crippen molar-refractivity contribution in [2.75, 3.05) is 17.6 Å². The maximum atomic E-state index is 8.94. The van der Waals surface area contributed by atoms with Crippen molar-refractivity contribution in [2.45, 2.75) is 6.42 Å². The van der Waals surface area contributed by atoms with E-state index in [4.69, 9.17) is 15.5 Å². The van der Waals surface area contributed by atoms with Crippen LogP contribution in [-0.4, -0.2) is 16.7 Å². The second-order valence-corrected chi connectivity index (χ2v) is 3.43. The summed E-state index contributed by atoms with van der Waals surface area (Å²) in [5, 5.41) is 15.6. The molecule has 0 fully saturated rings. The summed E-state index contributed by atoms with van der Waals surface area (Å²) in [4.78, 5) is 3.90. The largest absolute Gasteiger partial charge is 0.399 e. The molecule has 0 atom stereocenters. The summed E-state index contributed by atoms with van der Waals surface area (Å²) in [7, 11) is 0. The second-order valence-electron chi connectivity index (χ2n) is 3.43. The molecule has 1 aromatic heterocycles. The third-order valence-electron chi connectivity index (χ3n) is 2.23. The minimum absolute atomic E-state index is 0.524. The van der Waals surface area contributed by atoms with Gasteiger partial charge in [0.05, 0.1) is 11.3 Å². The van der Waals surface area contributed by atoms with E-state index in [9.17, 15) is 0 Å². The molecule has 0 unspecified atom stereocenters. The van der Waals surface area contributed by atoms with Crippen LogP contribution >= 0.6 is 0 Å². The van der Waals surface area contributed by atoms with Gasteiger partial charge in [0.2, 0.25) is 5.89 Å². The Bertz CT molecular complexity index is 529. The van der Waals surface area contributed by atoms with Gasteiger partial charge in [0.25, 0.3) is 0 Å². The maximum absolute atomic E-state index is 8.94. The van der Waals surface area contributed by atoms with Gasteiger partial charge < -0.3 is 15.6 Å². The molecule has 0 saturated carbocycles. The van der Waals surface area contributed by atoms with Crippen LogP contribution in [0.2, 0.25) is 0 Å². The van der Waals surface area contributed by atoms with Crippen molar-refractivity contribution in [1.29, 1.82) is 5.26 Å². The number of aromatic nitrogens is 2. The SMILES string of the molecule is N#Cc1cc(N)ccc1NCCc1ncno1. The van der Waals surface area contributed by atoms with Gasteiger partial charge in [0, 0.05) is 18.7 Å². The molecule has 0 saturated heterocycles. The molecule has 0 amide bonds. The Morgan fingerprint density at radius 3 is 3.06 bits per heavy atom. The highest BCUT2D eigenvalue weighted by Gasteiger charge is 2.03. The Kier molecular flexibility index (Phi) is 3.21. The van der Waals surface area contributed by atoms with E-state index in [2.05, 4.69) is 21.5 Å². The van der Waals surface area contributed by atoms with E-state index in [-0.39, 0.29) is 0 Å². The van der Waals surface area contributed by atoms with E-state index in [0.29, 0.717) is 30.1 Å². The average Bonchev–Trinajstić information content (AvgIpc) is 2.84. The van der Waals surface area contributed by atoms with Crippen LogP contribution in [-0.2, 0) is 6.42 Å². The summed E-state index contributed by atoms with van der Waals surface area (Å²) in [6, 6.07) is 7.25. The van der Waals surface area contributed by atoms with Crippen LogP contribution in [0.15, 0.2) is 29.0 Å². The second kappa shape index (κ2) is 4.99. The number of benzene rings is 1. The Morgan fingerprint density at radius 2 is 2.35 bits per heavy atom. The minimum atomic E-state index is 0.524. The van der Waals surface area contributed by atoms with Gasteiger partial charge in [0.15, 0.2) is 6.33 Å². The van der Waals surface area contributed by atoms with Gasteiger partial charge in [-0.3, -0.25) is 0 Å². The van der Waals surface area contributed by atoms with Gasteiger partial charge in [-0.1, -0.05) is 5.16 Å².